The molecule has 0 radical (unpaired) electrons. The van der Waals surface area contributed by atoms with Crippen molar-refractivity contribution in [2.24, 2.45) is 22.8 Å². The van der Waals surface area contributed by atoms with E-state index in [1.807, 2.05) is 0 Å². The molecule has 2 fully saturated rings. The maximum atomic E-state index is 11.5. The quantitative estimate of drug-likeness (QED) is 0.656. The molecule has 0 aromatic carbocycles. The Morgan fingerprint density at radius 1 is 1.35 bits per heavy atom. The van der Waals surface area contributed by atoms with Crippen molar-refractivity contribution in [1.82, 2.24) is 4.90 Å². The highest BCUT2D eigenvalue weighted by Gasteiger charge is 2.55. The Hall–Kier alpha value is -1.14. The second kappa shape index (κ2) is 5.69. The molecule has 1 spiro atoms. The molecule has 2 unspecified atom stereocenters. The molecule has 5 N–H and O–H groups in total. The number of amides is 2. The minimum atomic E-state index is -0.625. The molecule has 6 nitrogen and oxygen atoms in total. The van der Waals surface area contributed by atoms with Gasteiger partial charge >= 0.3 is 0 Å². The van der Waals surface area contributed by atoms with Crippen LogP contribution in [0.4, 0.5) is 0 Å². The largest absolute Gasteiger partial charge is 0.378 e. The lowest BCUT2D eigenvalue weighted by atomic mass is 9.64. The van der Waals surface area contributed by atoms with Gasteiger partial charge in [0.15, 0.2) is 0 Å². The lowest BCUT2D eigenvalue weighted by Crippen LogP contribution is -2.70. The molecule has 1 heterocycles. The fourth-order valence-electron chi connectivity index (χ4n) is 3.56. The predicted octanol–water partition coefficient (Wildman–Crippen LogP) is -0.0637. The van der Waals surface area contributed by atoms with Crippen LogP contribution in [0.25, 0.3) is 0 Å². The monoisotopic (exact) mass is 283 g/mol. The fraction of sp³-hybridized carbons (Fsp3) is 0.857. The summed E-state index contributed by atoms with van der Waals surface area (Å²) >= 11 is 0. The zero-order valence-electron chi connectivity index (χ0n) is 12.0. The molecule has 20 heavy (non-hydrogen) atoms. The summed E-state index contributed by atoms with van der Waals surface area (Å²) < 4.78 is 0. The van der Waals surface area contributed by atoms with Gasteiger partial charge in [0, 0.05) is 18.4 Å². The highest BCUT2D eigenvalue weighted by molar-refractivity contribution is 5.81. The molecule has 0 bridgehead atoms. The maximum Gasteiger partial charge on any atom is 0.234 e. The van der Waals surface area contributed by atoms with E-state index in [2.05, 4.69) is 6.92 Å². The van der Waals surface area contributed by atoms with E-state index in [9.17, 15) is 14.7 Å². The van der Waals surface area contributed by atoms with Crippen molar-refractivity contribution in [2.45, 2.75) is 57.7 Å². The Balaban J connectivity index is 1.96. The third-order valence-corrected chi connectivity index (χ3v) is 5.02. The molecule has 114 valence electrons. The summed E-state index contributed by atoms with van der Waals surface area (Å²) in [5, 5.41) is 10.5. The van der Waals surface area contributed by atoms with Crippen LogP contribution in [-0.4, -0.2) is 40.6 Å². The first-order chi connectivity index (χ1) is 9.35. The maximum absolute atomic E-state index is 11.5. The van der Waals surface area contributed by atoms with Crippen LogP contribution in [0.1, 0.15) is 45.4 Å². The molecule has 2 aliphatic rings. The summed E-state index contributed by atoms with van der Waals surface area (Å²) in [6, 6.07) is -0.595. The molecule has 2 amide bonds. The van der Waals surface area contributed by atoms with Crippen molar-refractivity contribution in [3.05, 3.63) is 0 Å². The van der Waals surface area contributed by atoms with Crippen molar-refractivity contribution >= 4 is 11.8 Å². The van der Waals surface area contributed by atoms with Crippen LogP contribution in [0, 0.1) is 11.3 Å². The van der Waals surface area contributed by atoms with Gasteiger partial charge in [-0.05, 0) is 38.0 Å². The number of primary amides is 2. The average Bonchev–Trinajstić information content (AvgIpc) is 2.39. The molecule has 0 aromatic rings. The molecule has 1 aliphatic carbocycles. The summed E-state index contributed by atoms with van der Waals surface area (Å²) in [5.41, 5.74) is 10.4. The first-order valence-corrected chi connectivity index (χ1v) is 7.37. The lowest BCUT2D eigenvalue weighted by Gasteiger charge is -2.59. The molecular formula is C14H25N3O3. The van der Waals surface area contributed by atoms with Gasteiger partial charge in [-0.3, -0.25) is 14.5 Å². The van der Waals surface area contributed by atoms with Crippen molar-refractivity contribution < 1.29 is 14.7 Å². The zero-order chi connectivity index (χ0) is 14.9. The number of rotatable bonds is 5. The SMILES string of the molecule is CC1CCC2(CC1)CN(C(CCC(N)=O)C(N)=O)C2O. The Bertz CT molecular complexity index is 391. The number of nitrogens with two attached hydrogens (primary N) is 2. The van der Waals surface area contributed by atoms with Gasteiger partial charge in [-0.25, -0.2) is 0 Å². The first kappa shape index (κ1) is 15.3. The molecular weight excluding hydrogens is 258 g/mol. The molecule has 2 rings (SSSR count). The Kier molecular flexibility index (Phi) is 4.34. The second-order valence-electron chi connectivity index (χ2n) is 6.51. The number of likely N-dealkylation sites (tertiary alicyclic amines) is 1. The number of carbonyl (C=O) groups excluding carboxylic acids is 2. The third-order valence-electron chi connectivity index (χ3n) is 5.02. The van der Waals surface area contributed by atoms with Crippen LogP contribution in [-0.2, 0) is 9.59 Å². The Morgan fingerprint density at radius 2 is 1.95 bits per heavy atom. The Morgan fingerprint density at radius 3 is 2.40 bits per heavy atom. The fourth-order valence-corrected chi connectivity index (χ4v) is 3.56. The van der Waals surface area contributed by atoms with Gasteiger partial charge in [0.25, 0.3) is 0 Å². The summed E-state index contributed by atoms with van der Waals surface area (Å²) in [6.45, 7) is 2.92. The third kappa shape index (κ3) is 2.81. The van der Waals surface area contributed by atoms with Crippen LogP contribution in [0.15, 0.2) is 0 Å². The summed E-state index contributed by atoms with van der Waals surface area (Å²) in [5.74, 6) is -0.236. The van der Waals surface area contributed by atoms with Gasteiger partial charge in [0.2, 0.25) is 11.8 Å². The van der Waals surface area contributed by atoms with Gasteiger partial charge in [-0.1, -0.05) is 6.92 Å². The van der Waals surface area contributed by atoms with Crippen LogP contribution in [0.2, 0.25) is 0 Å². The van der Waals surface area contributed by atoms with Gasteiger partial charge in [0.05, 0.1) is 6.04 Å². The molecule has 1 saturated carbocycles. The molecule has 1 saturated heterocycles. The topological polar surface area (TPSA) is 110 Å². The van der Waals surface area contributed by atoms with Crippen molar-refractivity contribution in [1.29, 1.82) is 0 Å². The van der Waals surface area contributed by atoms with E-state index in [1.54, 1.807) is 4.90 Å². The number of nitrogens with zero attached hydrogens (tertiary/aromatic N) is 1. The number of aliphatic hydroxyl groups is 1. The van der Waals surface area contributed by atoms with Crippen LogP contribution < -0.4 is 11.5 Å². The standard InChI is InChI=1S/C14H25N3O3/c1-9-4-6-14(7-5-9)8-17(13(14)20)10(12(16)19)2-3-11(15)18/h9-10,13,20H,2-8H2,1H3,(H2,15,18)(H2,16,19). The number of carbonyl (C=O) groups is 2. The Labute approximate surface area is 119 Å². The van der Waals surface area contributed by atoms with Gasteiger partial charge < -0.3 is 16.6 Å². The normalized spacial score (nSPS) is 35.5. The van der Waals surface area contributed by atoms with Gasteiger partial charge in [-0.15, -0.1) is 0 Å². The predicted molar refractivity (Wildman–Crippen MR) is 74.2 cm³/mol. The molecule has 0 aromatic heterocycles. The summed E-state index contributed by atoms with van der Waals surface area (Å²) in [6.07, 6.45) is 4.00. The minimum Gasteiger partial charge on any atom is -0.378 e. The number of hydrogen-bond donors (Lipinski definition) is 3. The average molecular weight is 283 g/mol. The number of aliphatic hydroxyl groups excluding tert-OH is 1. The van der Waals surface area contributed by atoms with E-state index in [4.69, 9.17) is 11.5 Å². The van der Waals surface area contributed by atoms with Crippen LogP contribution >= 0.6 is 0 Å². The smallest absolute Gasteiger partial charge is 0.234 e. The first-order valence-electron chi connectivity index (χ1n) is 7.37. The highest BCUT2D eigenvalue weighted by atomic mass is 16.3. The minimum absolute atomic E-state index is 0.0765. The van der Waals surface area contributed by atoms with E-state index in [-0.39, 0.29) is 18.3 Å². The van der Waals surface area contributed by atoms with E-state index < -0.39 is 24.1 Å². The summed E-state index contributed by atoms with van der Waals surface area (Å²) in [7, 11) is 0. The van der Waals surface area contributed by atoms with Crippen molar-refractivity contribution in [3.8, 4) is 0 Å². The summed E-state index contributed by atoms with van der Waals surface area (Å²) in [4.78, 5) is 24.1. The highest BCUT2D eigenvalue weighted by Crippen LogP contribution is 2.50. The van der Waals surface area contributed by atoms with Crippen molar-refractivity contribution in [3.63, 3.8) is 0 Å². The van der Waals surface area contributed by atoms with Crippen LogP contribution in [0.5, 0.6) is 0 Å². The zero-order valence-corrected chi connectivity index (χ0v) is 12.0. The molecule has 2 atom stereocenters. The van der Waals surface area contributed by atoms with Crippen molar-refractivity contribution in [2.75, 3.05) is 6.54 Å². The van der Waals surface area contributed by atoms with Gasteiger partial charge in [-0.2, -0.15) is 0 Å². The number of hydrogen-bond acceptors (Lipinski definition) is 4. The van der Waals surface area contributed by atoms with E-state index in [0.717, 1.165) is 25.7 Å². The van der Waals surface area contributed by atoms with Gasteiger partial charge in [0.1, 0.15) is 6.23 Å². The molecule has 6 heteroatoms. The molecule has 1 aliphatic heterocycles. The van der Waals surface area contributed by atoms with E-state index in [0.29, 0.717) is 12.5 Å². The van der Waals surface area contributed by atoms with E-state index >= 15 is 0 Å². The van der Waals surface area contributed by atoms with E-state index in [1.165, 1.54) is 0 Å². The second-order valence-corrected chi connectivity index (χ2v) is 6.51. The lowest BCUT2D eigenvalue weighted by molar-refractivity contribution is -0.225. The van der Waals surface area contributed by atoms with Crippen LogP contribution in [0.3, 0.4) is 0 Å².